The van der Waals surface area contributed by atoms with Gasteiger partial charge in [0.1, 0.15) is 0 Å². The number of nitrogens with zero attached hydrogens (tertiary/aromatic N) is 4. The molecule has 1 aliphatic rings. The first-order chi connectivity index (χ1) is 13.5. The first-order valence-electron chi connectivity index (χ1n) is 8.57. The summed E-state index contributed by atoms with van der Waals surface area (Å²) in [7, 11) is 0. The molecule has 10 heteroatoms. The van der Waals surface area contributed by atoms with Crippen LogP contribution in [0.1, 0.15) is 28.8 Å². The Hall–Kier alpha value is -3.69. The molecule has 1 amide bonds. The molecule has 1 unspecified atom stereocenters. The first kappa shape index (κ1) is 17.7. The van der Waals surface area contributed by atoms with Gasteiger partial charge in [-0.05, 0) is 37.6 Å². The molecule has 0 fully saturated rings. The number of aromatic nitrogens is 4. The minimum Gasteiger partial charge on any atom is -0.454 e. The van der Waals surface area contributed by atoms with Crippen molar-refractivity contribution < 1.29 is 23.8 Å². The maximum absolute atomic E-state index is 12.2. The number of carbonyl (C=O) groups excluding carboxylic acids is 2. The quantitative estimate of drug-likeness (QED) is 0.649. The van der Waals surface area contributed by atoms with Crippen LogP contribution in [0.2, 0.25) is 0 Å². The van der Waals surface area contributed by atoms with E-state index in [2.05, 4.69) is 20.4 Å². The van der Waals surface area contributed by atoms with Crippen LogP contribution in [0.5, 0.6) is 11.5 Å². The van der Waals surface area contributed by atoms with E-state index in [0.29, 0.717) is 11.5 Å². The average molecular weight is 383 g/mol. The predicted octanol–water partition coefficient (Wildman–Crippen LogP) is 1.02. The van der Waals surface area contributed by atoms with Gasteiger partial charge in [-0.15, -0.1) is 5.10 Å². The number of nitrogens with one attached hydrogen (secondary N) is 1. The molecule has 28 heavy (non-hydrogen) atoms. The summed E-state index contributed by atoms with van der Waals surface area (Å²) in [6.45, 7) is 3.73. The van der Waals surface area contributed by atoms with Crippen LogP contribution in [-0.2, 0) is 16.1 Å². The summed E-state index contributed by atoms with van der Waals surface area (Å²) in [5, 5.41) is 6.77. The molecule has 4 rings (SSSR count). The fourth-order valence-electron chi connectivity index (χ4n) is 2.64. The zero-order chi connectivity index (χ0) is 19.7. The van der Waals surface area contributed by atoms with Crippen LogP contribution in [0.15, 0.2) is 30.5 Å². The van der Waals surface area contributed by atoms with Crippen molar-refractivity contribution in [2.24, 2.45) is 0 Å². The van der Waals surface area contributed by atoms with Crippen LogP contribution >= 0.6 is 0 Å². The Morgan fingerprint density at radius 1 is 1.29 bits per heavy atom. The molecule has 0 saturated carbocycles. The predicted molar refractivity (Wildman–Crippen MR) is 94.8 cm³/mol. The normalized spacial score (nSPS) is 13.4. The van der Waals surface area contributed by atoms with Crippen molar-refractivity contribution in [2.45, 2.75) is 26.5 Å². The molecule has 1 atom stereocenters. The second-order valence-electron chi connectivity index (χ2n) is 6.19. The summed E-state index contributed by atoms with van der Waals surface area (Å²) in [6.07, 6.45) is 0.558. The maximum Gasteiger partial charge on any atom is 0.379 e. The first-order valence-corrected chi connectivity index (χ1v) is 8.57. The van der Waals surface area contributed by atoms with E-state index in [1.807, 2.05) is 13.0 Å². The van der Waals surface area contributed by atoms with Gasteiger partial charge in [-0.2, -0.15) is 4.98 Å². The summed E-state index contributed by atoms with van der Waals surface area (Å²) >= 11 is 0. The molecular weight excluding hydrogens is 366 g/mol. The molecule has 3 aromatic rings. The average Bonchev–Trinajstić information content (AvgIpc) is 3.33. The minimum absolute atomic E-state index is 0.155. The molecule has 0 bridgehead atoms. The monoisotopic (exact) mass is 383 g/mol. The van der Waals surface area contributed by atoms with E-state index in [1.54, 1.807) is 24.4 Å². The van der Waals surface area contributed by atoms with Gasteiger partial charge in [0.2, 0.25) is 6.79 Å². The van der Waals surface area contributed by atoms with E-state index in [0.717, 1.165) is 11.3 Å². The van der Waals surface area contributed by atoms with E-state index < -0.39 is 18.0 Å². The van der Waals surface area contributed by atoms with Gasteiger partial charge < -0.3 is 19.5 Å². The minimum atomic E-state index is -1.01. The third kappa shape index (κ3) is 3.43. The number of carbonyl (C=O) groups is 2. The Bertz CT molecular complexity index is 1060. The number of amides is 1. The van der Waals surface area contributed by atoms with Gasteiger partial charge in [0.05, 0.1) is 0 Å². The lowest BCUT2D eigenvalue weighted by atomic mass is 10.2. The van der Waals surface area contributed by atoms with Gasteiger partial charge in [-0.1, -0.05) is 6.07 Å². The molecule has 0 spiro atoms. The van der Waals surface area contributed by atoms with Gasteiger partial charge >= 0.3 is 5.97 Å². The third-order valence-corrected chi connectivity index (χ3v) is 4.17. The maximum atomic E-state index is 12.2. The number of ether oxygens (including phenoxy) is 3. The number of fused-ring (bicyclic) bond motifs is 2. The van der Waals surface area contributed by atoms with E-state index in [-0.39, 0.29) is 24.9 Å². The Morgan fingerprint density at radius 2 is 2.11 bits per heavy atom. The number of rotatable bonds is 5. The van der Waals surface area contributed by atoms with E-state index in [9.17, 15) is 9.59 Å². The molecule has 10 nitrogen and oxygen atoms in total. The van der Waals surface area contributed by atoms with Crippen molar-refractivity contribution in [3.05, 3.63) is 47.5 Å². The topological polar surface area (TPSA) is 117 Å². The molecule has 2 aromatic heterocycles. The highest BCUT2D eigenvalue weighted by Gasteiger charge is 2.23. The van der Waals surface area contributed by atoms with Crippen LogP contribution in [-0.4, -0.2) is 44.4 Å². The van der Waals surface area contributed by atoms with Gasteiger partial charge in [0, 0.05) is 18.4 Å². The van der Waals surface area contributed by atoms with E-state index in [4.69, 9.17) is 14.2 Å². The number of benzene rings is 1. The van der Waals surface area contributed by atoms with Crippen molar-refractivity contribution >= 4 is 17.7 Å². The van der Waals surface area contributed by atoms with Gasteiger partial charge in [0.25, 0.3) is 17.5 Å². The summed E-state index contributed by atoms with van der Waals surface area (Å²) in [5.41, 5.74) is 1.60. The van der Waals surface area contributed by atoms with Gasteiger partial charge in [-0.25, -0.2) is 14.3 Å². The van der Waals surface area contributed by atoms with Crippen LogP contribution in [0.3, 0.4) is 0 Å². The van der Waals surface area contributed by atoms with Gasteiger partial charge in [0.15, 0.2) is 17.6 Å². The Labute approximate surface area is 159 Å². The fraction of sp³-hybridized carbons (Fsp3) is 0.278. The zero-order valence-corrected chi connectivity index (χ0v) is 15.2. The molecule has 0 aliphatic carbocycles. The lowest BCUT2D eigenvalue weighted by molar-refractivity contribution is -0.129. The molecule has 144 valence electrons. The second kappa shape index (κ2) is 7.14. The second-order valence-corrected chi connectivity index (χ2v) is 6.19. The highest BCUT2D eigenvalue weighted by molar-refractivity contribution is 5.89. The number of hydrogen-bond donors (Lipinski definition) is 1. The molecule has 1 aliphatic heterocycles. The Kier molecular flexibility index (Phi) is 4.52. The molecule has 3 heterocycles. The molecule has 0 saturated heterocycles. The van der Waals surface area contributed by atoms with Crippen molar-refractivity contribution in [2.75, 3.05) is 6.79 Å². The fourth-order valence-corrected chi connectivity index (χ4v) is 2.64. The summed E-state index contributed by atoms with van der Waals surface area (Å²) in [4.78, 5) is 32.5. The standard InChI is InChI=1S/C18H17N5O5/c1-10-5-6-19-18-21-15(22-23(10)18)17(25)28-11(2)16(24)20-8-12-3-4-13-14(7-12)27-9-26-13/h3-7,11H,8-9H2,1-2H3,(H,20,24). The van der Waals surface area contributed by atoms with Crippen LogP contribution in [0, 0.1) is 6.92 Å². The molecule has 1 N–H and O–H groups in total. The van der Waals surface area contributed by atoms with Crippen molar-refractivity contribution in [3.8, 4) is 11.5 Å². The van der Waals surface area contributed by atoms with Crippen molar-refractivity contribution in [1.82, 2.24) is 24.9 Å². The van der Waals surface area contributed by atoms with Crippen LogP contribution in [0.4, 0.5) is 0 Å². The number of aryl methyl sites for hydroxylation is 1. The van der Waals surface area contributed by atoms with E-state index in [1.165, 1.54) is 11.4 Å². The van der Waals surface area contributed by atoms with Crippen molar-refractivity contribution in [1.29, 1.82) is 0 Å². The summed E-state index contributed by atoms with van der Waals surface area (Å²) in [6, 6.07) is 7.12. The Morgan fingerprint density at radius 3 is 2.93 bits per heavy atom. The molecule has 1 aromatic carbocycles. The summed E-state index contributed by atoms with van der Waals surface area (Å²) < 4.78 is 17.1. The SMILES string of the molecule is Cc1ccnc2nc(C(=O)OC(C)C(=O)NCc3ccc4c(c3)OCO4)nn12. The highest BCUT2D eigenvalue weighted by atomic mass is 16.7. The van der Waals surface area contributed by atoms with Crippen LogP contribution in [0.25, 0.3) is 5.78 Å². The lowest BCUT2D eigenvalue weighted by Gasteiger charge is -2.12. The zero-order valence-electron chi connectivity index (χ0n) is 15.2. The van der Waals surface area contributed by atoms with Crippen molar-refractivity contribution in [3.63, 3.8) is 0 Å². The largest absolute Gasteiger partial charge is 0.454 e. The van der Waals surface area contributed by atoms with E-state index >= 15 is 0 Å². The number of esters is 1. The van der Waals surface area contributed by atoms with Crippen LogP contribution < -0.4 is 14.8 Å². The lowest BCUT2D eigenvalue weighted by Crippen LogP contribution is -2.35. The highest BCUT2D eigenvalue weighted by Crippen LogP contribution is 2.32. The third-order valence-electron chi connectivity index (χ3n) is 4.17. The Balaban J connectivity index is 1.35. The smallest absolute Gasteiger partial charge is 0.379 e. The summed E-state index contributed by atoms with van der Waals surface area (Å²) in [5.74, 6) is 0.193. The van der Waals surface area contributed by atoms with Gasteiger partial charge in [-0.3, -0.25) is 4.79 Å². The molecular formula is C18H17N5O5. The number of hydrogen-bond acceptors (Lipinski definition) is 8. The molecule has 0 radical (unpaired) electrons.